The number of piperidine rings is 1. The van der Waals surface area contributed by atoms with Gasteiger partial charge in [-0.3, -0.25) is 4.79 Å². The van der Waals surface area contributed by atoms with Gasteiger partial charge in [-0.1, -0.05) is 29.8 Å². The van der Waals surface area contributed by atoms with Crippen molar-refractivity contribution in [1.29, 1.82) is 0 Å². The Bertz CT molecular complexity index is 694. The fourth-order valence-electron chi connectivity index (χ4n) is 2.84. The number of nitrogens with zero attached hydrogens (tertiary/aromatic N) is 3. The van der Waals surface area contributed by atoms with E-state index in [1.807, 2.05) is 25.1 Å². The number of carbonyl (C=O) groups excluding carboxylic acids is 1. The fourth-order valence-corrected chi connectivity index (χ4v) is 3.02. The Morgan fingerprint density at radius 3 is 3.09 bits per heavy atom. The smallest absolute Gasteiger partial charge is 0.274 e. The van der Waals surface area contributed by atoms with Crippen LogP contribution in [0.4, 0.5) is 0 Å². The molecule has 7 heteroatoms. The van der Waals surface area contributed by atoms with Gasteiger partial charge in [0.1, 0.15) is 0 Å². The molecule has 3 rings (SSSR count). The number of benzene rings is 1. The molecule has 0 bridgehead atoms. The van der Waals surface area contributed by atoms with Gasteiger partial charge in [0, 0.05) is 17.6 Å². The molecule has 1 aliphatic heterocycles. The van der Waals surface area contributed by atoms with Crippen LogP contribution in [0.1, 0.15) is 35.9 Å². The second kappa shape index (κ2) is 7.10. The highest BCUT2D eigenvalue weighted by Crippen LogP contribution is 2.18. The summed E-state index contributed by atoms with van der Waals surface area (Å²) < 4.78 is 1.68. The summed E-state index contributed by atoms with van der Waals surface area (Å²) in [5, 5.41) is 15.2. The highest BCUT2D eigenvalue weighted by Gasteiger charge is 2.22. The molecule has 2 N–H and O–H groups in total. The van der Waals surface area contributed by atoms with Crippen LogP contribution in [0.5, 0.6) is 0 Å². The lowest BCUT2D eigenvalue weighted by atomic mass is 10.1. The van der Waals surface area contributed by atoms with Crippen molar-refractivity contribution in [3.8, 4) is 5.69 Å². The van der Waals surface area contributed by atoms with Crippen molar-refractivity contribution in [3.05, 3.63) is 40.7 Å². The highest BCUT2D eigenvalue weighted by atomic mass is 35.5. The van der Waals surface area contributed by atoms with Crippen LogP contribution in [0, 0.1) is 0 Å². The molecule has 1 saturated heterocycles. The van der Waals surface area contributed by atoms with Gasteiger partial charge >= 0.3 is 0 Å². The maximum Gasteiger partial charge on any atom is 0.274 e. The topological polar surface area (TPSA) is 71.8 Å². The second-order valence-corrected chi connectivity index (χ2v) is 6.08. The van der Waals surface area contributed by atoms with Gasteiger partial charge in [0.15, 0.2) is 5.69 Å². The summed E-state index contributed by atoms with van der Waals surface area (Å²) in [6, 6.07) is 7.51. The Morgan fingerprint density at radius 1 is 1.52 bits per heavy atom. The van der Waals surface area contributed by atoms with Crippen LogP contribution in [-0.4, -0.2) is 40.0 Å². The SMILES string of the molecule is CCc1c(C(=O)NC2CCCNC2)nnn1-c1cccc(Cl)c1. The standard InChI is InChI=1S/C16H20ClN5O/c1-2-14-15(16(23)19-12-6-4-8-18-10-12)20-21-22(14)13-7-3-5-11(17)9-13/h3,5,7,9,12,18H,2,4,6,8,10H2,1H3,(H,19,23). The molecule has 1 amide bonds. The molecule has 23 heavy (non-hydrogen) atoms. The molecule has 1 aromatic heterocycles. The third kappa shape index (κ3) is 3.54. The van der Waals surface area contributed by atoms with Crippen LogP contribution in [0.3, 0.4) is 0 Å². The minimum absolute atomic E-state index is 0.150. The van der Waals surface area contributed by atoms with Crippen molar-refractivity contribution in [1.82, 2.24) is 25.6 Å². The molecule has 2 aromatic rings. The van der Waals surface area contributed by atoms with Gasteiger partial charge in [0.05, 0.1) is 11.4 Å². The average molecular weight is 334 g/mol. The zero-order chi connectivity index (χ0) is 16.2. The predicted octanol–water partition coefficient (Wildman–Crippen LogP) is 1.96. The first-order valence-electron chi connectivity index (χ1n) is 7.91. The molecular formula is C16H20ClN5O. The van der Waals surface area contributed by atoms with Gasteiger partial charge in [0.25, 0.3) is 5.91 Å². The maximum absolute atomic E-state index is 12.5. The first kappa shape index (κ1) is 16.0. The molecule has 0 radical (unpaired) electrons. The van der Waals surface area contributed by atoms with Crippen molar-refractivity contribution in [2.75, 3.05) is 13.1 Å². The molecule has 1 atom stereocenters. The van der Waals surface area contributed by atoms with Crippen molar-refractivity contribution >= 4 is 17.5 Å². The summed E-state index contributed by atoms with van der Waals surface area (Å²) in [6.45, 7) is 3.80. The number of aromatic nitrogens is 3. The Morgan fingerprint density at radius 2 is 2.39 bits per heavy atom. The van der Waals surface area contributed by atoms with Gasteiger partial charge in [-0.25, -0.2) is 4.68 Å². The van der Waals surface area contributed by atoms with Crippen molar-refractivity contribution in [3.63, 3.8) is 0 Å². The zero-order valence-corrected chi connectivity index (χ0v) is 13.8. The van der Waals surface area contributed by atoms with Crippen molar-refractivity contribution in [2.24, 2.45) is 0 Å². The maximum atomic E-state index is 12.5. The summed E-state index contributed by atoms with van der Waals surface area (Å²) in [7, 11) is 0. The lowest BCUT2D eigenvalue weighted by molar-refractivity contribution is 0.0924. The molecule has 6 nitrogen and oxygen atoms in total. The quantitative estimate of drug-likeness (QED) is 0.897. The van der Waals surface area contributed by atoms with E-state index < -0.39 is 0 Å². The van der Waals surface area contributed by atoms with E-state index in [0.717, 1.165) is 37.3 Å². The lowest BCUT2D eigenvalue weighted by Gasteiger charge is -2.23. The number of carbonyl (C=O) groups is 1. The summed E-state index contributed by atoms with van der Waals surface area (Å²) in [6.07, 6.45) is 2.72. The summed E-state index contributed by atoms with van der Waals surface area (Å²) in [4.78, 5) is 12.5. The van der Waals surface area contributed by atoms with Crippen LogP contribution < -0.4 is 10.6 Å². The Labute approximate surface area is 140 Å². The van der Waals surface area contributed by atoms with E-state index in [9.17, 15) is 4.79 Å². The minimum atomic E-state index is -0.163. The molecule has 0 saturated carbocycles. The van der Waals surface area contributed by atoms with Crippen LogP contribution in [0.25, 0.3) is 5.69 Å². The Balaban J connectivity index is 1.84. The van der Waals surface area contributed by atoms with E-state index in [2.05, 4.69) is 20.9 Å². The Hall–Kier alpha value is -1.92. The normalized spacial score (nSPS) is 17.9. The van der Waals surface area contributed by atoms with Crippen molar-refractivity contribution < 1.29 is 4.79 Å². The molecule has 2 heterocycles. The van der Waals surface area contributed by atoms with E-state index in [1.54, 1.807) is 10.7 Å². The molecule has 0 aliphatic carbocycles. The van der Waals surface area contributed by atoms with E-state index >= 15 is 0 Å². The molecule has 1 fully saturated rings. The summed E-state index contributed by atoms with van der Waals surface area (Å²) >= 11 is 6.04. The minimum Gasteiger partial charge on any atom is -0.347 e. The number of amides is 1. The summed E-state index contributed by atoms with van der Waals surface area (Å²) in [5.41, 5.74) is 1.98. The van der Waals surface area contributed by atoms with Crippen LogP contribution >= 0.6 is 11.6 Å². The molecule has 122 valence electrons. The first-order chi connectivity index (χ1) is 11.2. The number of nitrogens with one attached hydrogen (secondary N) is 2. The third-order valence-electron chi connectivity index (χ3n) is 4.00. The largest absolute Gasteiger partial charge is 0.347 e. The highest BCUT2D eigenvalue weighted by molar-refractivity contribution is 6.30. The number of hydrogen-bond acceptors (Lipinski definition) is 4. The summed E-state index contributed by atoms with van der Waals surface area (Å²) in [5.74, 6) is -0.163. The monoisotopic (exact) mass is 333 g/mol. The molecular weight excluding hydrogens is 314 g/mol. The van der Waals surface area contributed by atoms with Gasteiger partial charge in [0.2, 0.25) is 0 Å². The van der Waals surface area contributed by atoms with Crippen LogP contribution in [0.15, 0.2) is 24.3 Å². The van der Waals surface area contributed by atoms with E-state index in [0.29, 0.717) is 17.1 Å². The molecule has 0 spiro atoms. The van der Waals surface area contributed by atoms with E-state index in [4.69, 9.17) is 11.6 Å². The number of halogens is 1. The van der Waals surface area contributed by atoms with Gasteiger partial charge in [-0.15, -0.1) is 5.10 Å². The lowest BCUT2D eigenvalue weighted by Crippen LogP contribution is -2.45. The zero-order valence-electron chi connectivity index (χ0n) is 13.1. The number of rotatable bonds is 4. The van der Waals surface area contributed by atoms with Crippen LogP contribution in [0.2, 0.25) is 5.02 Å². The van der Waals surface area contributed by atoms with E-state index in [1.165, 1.54) is 0 Å². The molecule has 1 aromatic carbocycles. The van der Waals surface area contributed by atoms with Gasteiger partial charge in [-0.05, 0) is 44.0 Å². The van der Waals surface area contributed by atoms with E-state index in [-0.39, 0.29) is 11.9 Å². The van der Waals surface area contributed by atoms with Crippen molar-refractivity contribution in [2.45, 2.75) is 32.2 Å². The fraction of sp³-hybridized carbons (Fsp3) is 0.438. The predicted molar refractivity (Wildman–Crippen MR) is 89.1 cm³/mol. The van der Waals surface area contributed by atoms with Gasteiger partial charge < -0.3 is 10.6 Å². The molecule has 1 unspecified atom stereocenters. The molecule has 1 aliphatic rings. The second-order valence-electron chi connectivity index (χ2n) is 5.65. The number of hydrogen-bond donors (Lipinski definition) is 2. The van der Waals surface area contributed by atoms with Gasteiger partial charge in [-0.2, -0.15) is 0 Å². The third-order valence-corrected chi connectivity index (χ3v) is 4.23. The first-order valence-corrected chi connectivity index (χ1v) is 8.29. The Kier molecular flexibility index (Phi) is 4.93. The van der Waals surface area contributed by atoms with Crippen LogP contribution in [-0.2, 0) is 6.42 Å². The average Bonchev–Trinajstić information content (AvgIpc) is 3.00.